The highest BCUT2D eigenvalue weighted by atomic mass is 19.2. The van der Waals surface area contributed by atoms with Gasteiger partial charge in [-0.2, -0.15) is 0 Å². The average Bonchev–Trinajstić information content (AvgIpc) is 3.29. The van der Waals surface area contributed by atoms with Crippen LogP contribution in [0.25, 0.3) is 0 Å². The maximum Gasteiger partial charge on any atom is 0.334 e. The maximum atomic E-state index is 13.7. The van der Waals surface area contributed by atoms with Gasteiger partial charge in [0, 0.05) is 12.5 Å². The van der Waals surface area contributed by atoms with E-state index in [2.05, 4.69) is 0 Å². The highest BCUT2D eigenvalue weighted by Crippen LogP contribution is 2.49. The van der Waals surface area contributed by atoms with Crippen molar-refractivity contribution in [1.82, 2.24) is 4.90 Å². The molecule has 3 rings (SSSR count). The molecule has 0 bridgehead atoms. The van der Waals surface area contributed by atoms with Crippen LogP contribution in [0.4, 0.5) is 8.78 Å². The Kier molecular flexibility index (Phi) is 3.82. The second kappa shape index (κ2) is 5.64. The molecule has 22 heavy (non-hydrogen) atoms. The third kappa shape index (κ3) is 2.68. The maximum absolute atomic E-state index is 13.7. The molecule has 0 spiro atoms. The van der Waals surface area contributed by atoms with Gasteiger partial charge in [0.25, 0.3) is 0 Å². The van der Waals surface area contributed by atoms with Crippen molar-refractivity contribution in [2.45, 2.75) is 18.4 Å². The lowest BCUT2D eigenvalue weighted by atomic mass is 10.1. The first-order valence-electron chi connectivity index (χ1n) is 7.06. The van der Waals surface area contributed by atoms with Crippen LogP contribution in [0.5, 0.6) is 0 Å². The summed E-state index contributed by atoms with van der Waals surface area (Å²) < 4.78 is 32.0. The largest absolute Gasteiger partial charge is 0.479 e. The SMILES string of the molecule is O=C(O)[C@@H]1CN(C(=O)[C@H]2C[C@@H]2c2cccc(F)c2F)CCO1. The molecule has 2 aliphatic rings. The molecule has 1 aromatic rings. The molecule has 5 nitrogen and oxygen atoms in total. The lowest BCUT2D eigenvalue weighted by molar-refractivity contribution is -0.159. The summed E-state index contributed by atoms with van der Waals surface area (Å²) in [6, 6.07) is 3.94. The van der Waals surface area contributed by atoms with Crippen LogP contribution in [-0.4, -0.2) is 47.7 Å². The van der Waals surface area contributed by atoms with Gasteiger partial charge in [0.15, 0.2) is 17.7 Å². The zero-order chi connectivity index (χ0) is 15.9. The van der Waals surface area contributed by atoms with Gasteiger partial charge in [-0.15, -0.1) is 0 Å². The van der Waals surface area contributed by atoms with Crippen LogP contribution < -0.4 is 0 Å². The summed E-state index contributed by atoms with van der Waals surface area (Å²) in [6.07, 6.45) is -0.574. The van der Waals surface area contributed by atoms with Crippen molar-refractivity contribution in [3.8, 4) is 0 Å². The van der Waals surface area contributed by atoms with E-state index in [1.165, 1.54) is 17.0 Å². The first kappa shape index (κ1) is 14.9. The fourth-order valence-electron chi connectivity index (χ4n) is 2.85. The molecule has 2 fully saturated rings. The van der Waals surface area contributed by atoms with Crippen LogP contribution >= 0.6 is 0 Å². The quantitative estimate of drug-likeness (QED) is 0.916. The number of ether oxygens (including phenoxy) is 1. The van der Waals surface area contributed by atoms with Crippen molar-refractivity contribution < 1.29 is 28.2 Å². The minimum atomic E-state index is -1.11. The van der Waals surface area contributed by atoms with E-state index in [1.807, 2.05) is 0 Å². The Labute approximate surface area is 125 Å². The number of hydrogen-bond donors (Lipinski definition) is 1. The normalized spacial score (nSPS) is 27.5. The van der Waals surface area contributed by atoms with Gasteiger partial charge in [0.2, 0.25) is 5.91 Å². The fraction of sp³-hybridized carbons (Fsp3) is 0.467. The summed E-state index contributed by atoms with van der Waals surface area (Å²) in [5.41, 5.74) is 0.210. The van der Waals surface area contributed by atoms with Gasteiger partial charge in [-0.25, -0.2) is 13.6 Å². The number of carboxylic acid groups (broad SMARTS) is 1. The molecule has 1 N–H and O–H groups in total. The molecule has 1 saturated carbocycles. The van der Waals surface area contributed by atoms with Crippen molar-refractivity contribution in [2.75, 3.05) is 19.7 Å². The Balaban J connectivity index is 1.68. The van der Waals surface area contributed by atoms with Crippen molar-refractivity contribution >= 4 is 11.9 Å². The second-order valence-corrected chi connectivity index (χ2v) is 5.57. The Hall–Kier alpha value is -2.02. The van der Waals surface area contributed by atoms with E-state index in [-0.39, 0.29) is 30.5 Å². The number of carboxylic acids is 1. The standard InChI is InChI=1S/C15H15F2NO4/c16-11-3-1-2-8(13(11)17)9-6-10(9)14(19)18-4-5-22-12(7-18)15(20)21/h1-3,9-10,12H,4-7H2,(H,20,21)/t9-,10+,12+/m1/s1. The molecule has 7 heteroatoms. The number of rotatable bonds is 3. The number of benzene rings is 1. The van der Waals surface area contributed by atoms with Gasteiger partial charge in [0.05, 0.1) is 13.2 Å². The van der Waals surface area contributed by atoms with E-state index in [9.17, 15) is 18.4 Å². The molecule has 0 radical (unpaired) electrons. The van der Waals surface area contributed by atoms with Crippen LogP contribution in [-0.2, 0) is 14.3 Å². The third-order valence-corrected chi connectivity index (χ3v) is 4.14. The van der Waals surface area contributed by atoms with Gasteiger partial charge in [-0.1, -0.05) is 12.1 Å². The van der Waals surface area contributed by atoms with Gasteiger partial charge < -0.3 is 14.7 Å². The lowest BCUT2D eigenvalue weighted by Gasteiger charge is -2.31. The van der Waals surface area contributed by atoms with Crippen LogP contribution in [0.3, 0.4) is 0 Å². The summed E-state index contributed by atoms with van der Waals surface area (Å²) >= 11 is 0. The van der Waals surface area contributed by atoms with E-state index in [1.54, 1.807) is 0 Å². The summed E-state index contributed by atoms with van der Waals surface area (Å²) in [5, 5.41) is 8.93. The first-order chi connectivity index (χ1) is 10.5. The fourth-order valence-corrected chi connectivity index (χ4v) is 2.85. The molecular formula is C15H15F2NO4. The van der Waals surface area contributed by atoms with Gasteiger partial charge >= 0.3 is 5.97 Å². The van der Waals surface area contributed by atoms with Crippen LogP contribution in [0.1, 0.15) is 17.9 Å². The van der Waals surface area contributed by atoms with Gasteiger partial charge in [-0.3, -0.25) is 4.79 Å². The zero-order valence-corrected chi connectivity index (χ0v) is 11.7. The molecule has 1 amide bonds. The number of carbonyl (C=O) groups is 2. The van der Waals surface area contributed by atoms with Crippen molar-refractivity contribution in [1.29, 1.82) is 0 Å². The lowest BCUT2D eigenvalue weighted by Crippen LogP contribution is -2.49. The first-order valence-corrected chi connectivity index (χ1v) is 7.06. The molecule has 0 aromatic heterocycles. The number of halogens is 2. The van der Waals surface area contributed by atoms with Crippen molar-refractivity contribution in [2.24, 2.45) is 5.92 Å². The van der Waals surface area contributed by atoms with Crippen molar-refractivity contribution in [3.05, 3.63) is 35.4 Å². The molecule has 1 aliphatic heterocycles. The molecule has 118 valence electrons. The molecule has 1 heterocycles. The van der Waals surface area contributed by atoms with E-state index >= 15 is 0 Å². The monoisotopic (exact) mass is 311 g/mol. The second-order valence-electron chi connectivity index (χ2n) is 5.57. The number of amides is 1. The summed E-state index contributed by atoms with van der Waals surface area (Å²) in [5.74, 6) is -3.91. The van der Waals surface area contributed by atoms with E-state index in [4.69, 9.17) is 9.84 Å². The smallest absolute Gasteiger partial charge is 0.334 e. The number of hydrogen-bond acceptors (Lipinski definition) is 3. The topological polar surface area (TPSA) is 66.8 Å². The van der Waals surface area contributed by atoms with Crippen molar-refractivity contribution in [3.63, 3.8) is 0 Å². The molecule has 0 unspecified atom stereocenters. The number of carbonyl (C=O) groups excluding carboxylic acids is 1. The number of aliphatic carboxylic acids is 1. The number of nitrogens with zero attached hydrogens (tertiary/aromatic N) is 1. The highest BCUT2D eigenvalue weighted by Gasteiger charge is 2.48. The van der Waals surface area contributed by atoms with Gasteiger partial charge in [-0.05, 0) is 24.0 Å². The molecular weight excluding hydrogens is 296 g/mol. The van der Waals surface area contributed by atoms with Crippen LogP contribution in [0.2, 0.25) is 0 Å². The minimum Gasteiger partial charge on any atom is -0.479 e. The molecule has 1 aromatic carbocycles. The summed E-state index contributed by atoms with van der Waals surface area (Å²) in [6.45, 7) is 0.467. The van der Waals surface area contributed by atoms with E-state index < -0.39 is 29.6 Å². The predicted molar refractivity (Wildman–Crippen MR) is 71.2 cm³/mol. The summed E-state index contributed by atoms with van der Waals surface area (Å²) in [7, 11) is 0. The summed E-state index contributed by atoms with van der Waals surface area (Å²) in [4.78, 5) is 24.7. The predicted octanol–water partition coefficient (Wildman–Crippen LogP) is 1.38. The Morgan fingerprint density at radius 2 is 2.09 bits per heavy atom. The Bertz CT molecular complexity index is 622. The van der Waals surface area contributed by atoms with E-state index in [0.717, 1.165) is 6.07 Å². The average molecular weight is 311 g/mol. The minimum absolute atomic E-state index is 0.0109. The molecule has 1 saturated heterocycles. The van der Waals surface area contributed by atoms with Crippen LogP contribution in [0.15, 0.2) is 18.2 Å². The van der Waals surface area contributed by atoms with E-state index in [0.29, 0.717) is 13.0 Å². The zero-order valence-electron chi connectivity index (χ0n) is 11.7. The Morgan fingerprint density at radius 1 is 1.32 bits per heavy atom. The third-order valence-electron chi connectivity index (χ3n) is 4.14. The van der Waals surface area contributed by atoms with Gasteiger partial charge in [0.1, 0.15) is 0 Å². The van der Waals surface area contributed by atoms with Crippen LogP contribution in [0, 0.1) is 17.6 Å². The molecule has 3 atom stereocenters. The highest BCUT2D eigenvalue weighted by molar-refractivity contribution is 5.84. The Morgan fingerprint density at radius 3 is 2.82 bits per heavy atom. The number of morpholine rings is 1. The molecule has 1 aliphatic carbocycles.